The van der Waals surface area contributed by atoms with E-state index in [1.165, 1.54) is 11.1 Å². The van der Waals surface area contributed by atoms with E-state index in [0.717, 1.165) is 11.3 Å². The van der Waals surface area contributed by atoms with Gasteiger partial charge in [0, 0.05) is 11.3 Å². The van der Waals surface area contributed by atoms with Crippen LogP contribution in [0.2, 0.25) is 0 Å². The number of nitrogens with two attached hydrogens (primary N) is 1. The van der Waals surface area contributed by atoms with Crippen LogP contribution in [0.15, 0.2) is 35.3 Å². The lowest BCUT2D eigenvalue weighted by atomic mass is 10.1. The Kier molecular flexibility index (Phi) is 8.50. The Labute approximate surface area is 171 Å². The maximum absolute atomic E-state index is 6.00. The third kappa shape index (κ3) is 5.17. The maximum Gasteiger partial charge on any atom is 0.203 e. The molecule has 0 bridgehead atoms. The second-order valence-electron chi connectivity index (χ2n) is 5.62. The van der Waals surface area contributed by atoms with Crippen LogP contribution in [-0.4, -0.2) is 27.3 Å². The fourth-order valence-electron chi connectivity index (χ4n) is 2.46. The molecule has 0 aliphatic rings. The highest BCUT2D eigenvalue weighted by molar-refractivity contribution is 14.0. The monoisotopic (exact) mass is 471 g/mol. The molecule has 0 unspecified atom stereocenters. The van der Waals surface area contributed by atoms with E-state index in [0.29, 0.717) is 29.8 Å². The van der Waals surface area contributed by atoms with Gasteiger partial charge in [-0.05, 0) is 49.2 Å². The van der Waals surface area contributed by atoms with Crippen molar-refractivity contribution in [2.45, 2.75) is 20.4 Å². The summed E-state index contributed by atoms with van der Waals surface area (Å²) in [5, 5.41) is 3.10. The van der Waals surface area contributed by atoms with E-state index in [2.05, 4.69) is 24.2 Å². The van der Waals surface area contributed by atoms with Crippen LogP contribution in [-0.2, 0) is 6.54 Å². The first-order valence-electron chi connectivity index (χ1n) is 7.92. The molecule has 26 heavy (non-hydrogen) atoms. The van der Waals surface area contributed by atoms with Gasteiger partial charge in [-0.1, -0.05) is 6.07 Å². The van der Waals surface area contributed by atoms with Crippen LogP contribution in [0.25, 0.3) is 0 Å². The molecule has 0 amide bonds. The predicted molar refractivity (Wildman–Crippen MR) is 116 cm³/mol. The Morgan fingerprint density at radius 1 is 0.962 bits per heavy atom. The summed E-state index contributed by atoms with van der Waals surface area (Å²) in [7, 11) is 4.74. The number of rotatable bonds is 6. The molecule has 2 aromatic carbocycles. The molecule has 142 valence electrons. The first-order valence-corrected chi connectivity index (χ1v) is 7.92. The summed E-state index contributed by atoms with van der Waals surface area (Å²) in [6.07, 6.45) is 0. The third-order valence-corrected chi connectivity index (χ3v) is 3.98. The van der Waals surface area contributed by atoms with Crippen molar-refractivity contribution >= 4 is 35.6 Å². The summed E-state index contributed by atoms with van der Waals surface area (Å²) >= 11 is 0. The molecule has 0 heterocycles. The van der Waals surface area contributed by atoms with Crippen LogP contribution in [0.4, 0.5) is 5.69 Å². The smallest absolute Gasteiger partial charge is 0.203 e. The summed E-state index contributed by atoms with van der Waals surface area (Å²) in [5.41, 5.74) is 10.2. The van der Waals surface area contributed by atoms with Gasteiger partial charge in [0.1, 0.15) is 0 Å². The Balaban J connectivity index is 0.00000338. The van der Waals surface area contributed by atoms with Gasteiger partial charge in [0.05, 0.1) is 27.9 Å². The molecule has 6 nitrogen and oxygen atoms in total. The number of benzene rings is 2. The molecule has 0 saturated carbocycles. The predicted octanol–water partition coefficient (Wildman–Crippen LogP) is 3.87. The van der Waals surface area contributed by atoms with E-state index in [1.807, 2.05) is 30.3 Å². The summed E-state index contributed by atoms with van der Waals surface area (Å²) in [4.78, 5) is 4.39. The van der Waals surface area contributed by atoms with Gasteiger partial charge < -0.3 is 25.3 Å². The van der Waals surface area contributed by atoms with Crippen molar-refractivity contribution in [3.05, 3.63) is 47.0 Å². The molecule has 0 radical (unpaired) electrons. The zero-order valence-electron chi connectivity index (χ0n) is 15.8. The van der Waals surface area contributed by atoms with Crippen molar-refractivity contribution in [3.63, 3.8) is 0 Å². The summed E-state index contributed by atoms with van der Waals surface area (Å²) in [6, 6.07) is 9.75. The molecule has 0 fully saturated rings. The molecular formula is C19H26IN3O3. The fraction of sp³-hybridized carbons (Fsp3) is 0.316. The largest absolute Gasteiger partial charge is 0.493 e. The van der Waals surface area contributed by atoms with Crippen LogP contribution in [0.5, 0.6) is 17.2 Å². The summed E-state index contributed by atoms with van der Waals surface area (Å²) in [6.45, 7) is 4.48. The maximum atomic E-state index is 6.00. The number of anilines is 1. The van der Waals surface area contributed by atoms with E-state index in [-0.39, 0.29) is 24.0 Å². The van der Waals surface area contributed by atoms with Gasteiger partial charge in [0.15, 0.2) is 17.5 Å². The van der Waals surface area contributed by atoms with Crippen LogP contribution in [0.1, 0.15) is 16.7 Å². The van der Waals surface area contributed by atoms with Crippen molar-refractivity contribution in [2.75, 3.05) is 26.6 Å². The van der Waals surface area contributed by atoms with E-state index in [9.17, 15) is 0 Å². The second-order valence-corrected chi connectivity index (χ2v) is 5.62. The number of guanidine groups is 1. The van der Waals surface area contributed by atoms with Gasteiger partial charge in [0.2, 0.25) is 5.75 Å². The van der Waals surface area contributed by atoms with Crippen LogP contribution >= 0.6 is 24.0 Å². The van der Waals surface area contributed by atoms with Crippen molar-refractivity contribution in [2.24, 2.45) is 10.7 Å². The minimum atomic E-state index is 0. The molecule has 0 aromatic heterocycles. The lowest BCUT2D eigenvalue weighted by molar-refractivity contribution is 0.322. The molecule has 2 aromatic rings. The minimum Gasteiger partial charge on any atom is -0.493 e. The topological polar surface area (TPSA) is 78.1 Å². The van der Waals surface area contributed by atoms with E-state index >= 15 is 0 Å². The standard InChI is InChI=1S/C19H25N3O3.HI/c1-12-6-8-15(10-13(12)2)22-19(20)21-11-14-7-9-16(23-3)18(25-5)17(14)24-4;/h6-10H,11H2,1-5H3,(H3,20,21,22);1H. The number of aliphatic imine (C=N–C) groups is 1. The molecule has 0 atom stereocenters. The molecule has 0 aliphatic heterocycles. The first kappa shape index (κ1) is 21.9. The van der Waals surface area contributed by atoms with Crippen molar-refractivity contribution < 1.29 is 14.2 Å². The number of halogens is 1. The fourth-order valence-corrected chi connectivity index (χ4v) is 2.46. The Bertz CT molecular complexity index is 779. The highest BCUT2D eigenvalue weighted by Crippen LogP contribution is 2.39. The number of nitrogens with one attached hydrogen (secondary N) is 1. The van der Waals surface area contributed by atoms with Gasteiger partial charge in [0.25, 0.3) is 0 Å². The quantitative estimate of drug-likeness (QED) is 0.380. The number of hydrogen-bond acceptors (Lipinski definition) is 4. The number of aryl methyl sites for hydroxylation is 2. The number of nitrogens with zero attached hydrogens (tertiary/aromatic N) is 1. The molecule has 0 saturated heterocycles. The molecule has 0 spiro atoms. The Hall–Kier alpha value is -2.16. The van der Waals surface area contributed by atoms with Gasteiger partial charge in [-0.15, -0.1) is 24.0 Å². The van der Waals surface area contributed by atoms with Crippen molar-refractivity contribution in [1.29, 1.82) is 0 Å². The summed E-state index contributed by atoms with van der Waals surface area (Å²) < 4.78 is 16.1. The van der Waals surface area contributed by atoms with E-state index < -0.39 is 0 Å². The third-order valence-electron chi connectivity index (χ3n) is 3.98. The number of methoxy groups -OCH3 is 3. The zero-order chi connectivity index (χ0) is 18.4. The number of hydrogen-bond donors (Lipinski definition) is 2. The number of ether oxygens (including phenoxy) is 3. The SMILES string of the molecule is COc1ccc(CN=C(N)Nc2ccc(C)c(C)c2)c(OC)c1OC.I. The van der Waals surface area contributed by atoms with Crippen molar-refractivity contribution in [3.8, 4) is 17.2 Å². The van der Waals surface area contributed by atoms with E-state index in [4.69, 9.17) is 19.9 Å². The van der Waals surface area contributed by atoms with Crippen LogP contribution < -0.4 is 25.3 Å². The minimum absolute atomic E-state index is 0. The van der Waals surface area contributed by atoms with Gasteiger partial charge in [-0.2, -0.15) is 0 Å². The van der Waals surface area contributed by atoms with Gasteiger partial charge >= 0.3 is 0 Å². The van der Waals surface area contributed by atoms with Crippen molar-refractivity contribution in [1.82, 2.24) is 0 Å². The van der Waals surface area contributed by atoms with Crippen LogP contribution in [0, 0.1) is 13.8 Å². The average Bonchev–Trinajstić information content (AvgIpc) is 2.61. The molecule has 7 heteroatoms. The molecule has 2 rings (SSSR count). The second kappa shape index (κ2) is 10.1. The lowest BCUT2D eigenvalue weighted by Crippen LogP contribution is -2.22. The normalized spacial score (nSPS) is 10.7. The van der Waals surface area contributed by atoms with Crippen LogP contribution in [0.3, 0.4) is 0 Å². The van der Waals surface area contributed by atoms with Gasteiger partial charge in [-0.25, -0.2) is 4.99 Å². The molecule has 0 aliphatic carbocycles. The Morgan fingerprint density at radius 3 is 2.23 bits per heavy atom. The molecular weight excluding hydrogens is 445 g/mol. The highest BCUT2D eigenvalue weighted by atomic mass is 127. The van der Waals surface area contributed by atoms with Gasteiger partial charge in [-0.3, -0.25) is 0 Å². The Morgan fingerprint density at radius 2 is 1.65 bits per heavy atom. The average molecular weight is 471 g/mol. The first-order chi connectivity index (χ1) is 12.0. The van der Waals surface area contributed by atoms with E-state index in [1.54, 1.807) is 21.3 Å². The lowest BCUT2D eigenvalue weighted by Gasteiger charge is -2.15. The molecule has 3 N–H and O–H groups in total. The summed E-state index contributed by atoms with van der Waals surface area (Å²) in [5.74, 6) is 2.07. The zero-order valence-corrected chi connectivity index (χ0v) is 18.1. The highest BCUT2D eigenvalue weighted by Gasteiger charge is 2.15.